The molecule has 4 nitrogen and oxygen atoms in total. The Morgan fingerprint density at radius 3 is 2.83 bits per heavy atom. The number of amides is 1. The largest absolute Gasteiger partial charge is 0.495 e. The Labute approximate surface area is 111 Å². The van der Waals surface area contributed by atoms with E-state index in [0.29, 0.717) is 17.2 Å². The van der Waals surface area contributed by atoms with E-state index in [0.717, 1.165) is 30.6 Å². The Morgan fingerprint density at radius 2 is 2.22 bits per heavy atom. The Bertz CT molecular complexity index is 435. The monoisotopic (exact) mass is 269 g/mol. The fraction of sp³-hybridized carbons (Fsp3) is 0.615. The van der Waals surface area contributed by atoms with Gasteiger partial charge in [-0.05, 0) is 25.8 Å². The van der Waals surface area contributed by atoms with Gasteiger partial charge in [0.2, 0.25) is 0 Å². The maximum Gasteiger partial charge on any atom is 0.265 e. The molecule has 0 aromatic carbocycles. The van der Waals surface area contributed by atoms with Gasteiger partial charge >= 0.3 is 0 Å². The second-order valence-corrected chi connectivity index (χ2v) is 6.12. The van der Waals surface area contributed by atoms with Crippen molar-refractivity contribution in [3.05, 3.63) is 15.8 Å². The average Bonchev–Trinajstić information content (AvgIpc) is 2.93. The molecule has 100 valence electrons. The van der Waals surface area contributed by atoms with Crippen LogP contribution in [0.25, 0.3) is 0 Å². The normalized spacial score (nSPS) is 17.7. The molecule has 1 saturated carbocycles. The van der Waals surface area contributed by atoms with Crippen LogP contribution < -0.4 is 10.1 Å². The number of hydrogen-bond acceptors (Lipinski definition) is 4. The molecule has 1 fully saturated rings. The van der Waals surface area contributed by atoms with Crippen LogP contribution in [0.4, 0.5) is 0 Å². The van der Waals surface area contributed by atoms with Crippen molar-refractivity contribution in [2.24, 2.45) is 0 Å². The summed E-state index contributed by atoms with van der Waals surface area (Å²) in [5.74, 6) is 0.443. The zero-order chi connectivity index (χ0) is 13.2. The van der Waals surface area contributed by atoms with Gasteiger partial charge in [-0.15, -0.1) is 11.3 Å². The molecule has 1 amide bonds. The SMILES string of the molecule is COc1cc(C)sc1C(=O)NCC1(O)CCCC1. The number of nitrogens with one attached hydrogen (secondary N) is 1. The number of ether oxygens (including phenoxy) is 1. The molecule has 2 N–H and O–H groups in total. The highest BCUT2D eigenvalue weighted by molar-refractivity contribution is 7.14. The highest BCUT2D eigenvalue weighted by atomic mass is 32.1. The van der Waals surface area contributed by atoms with Crippen molar-refractivity contribution in [2.75, 3.05) is 13.7 Å². The lowest BCUT2D eigenvalue weighted by Gasteiger charge is -2.22. The molecule has 0 unspecified atom stereocenters. The van der Waals surface area contributed by atoms with Gasteiger partial charge in [-0.3, -0.25) is 4.79 Å². The summed E-state index contributed by atoms with van der Waals surface area (Å²) in [6, 6.07) is 1.85. The third-order valence-electron chi connectivity index (χ3n) is 3.36. The fourth-order valence-corrected chi connectivity index (χ4v) is 3.23. The number of thiophene rings is 1. The van der Waals surface area contributed by atoms with Crippen LogP contribution in [-0.2, 0) is 0 Å². The van der Waals surface area contributed by atoms with Crippen molar-refractivity contribution >= 4 is 17.2 Å². The highest BCUT2D eigenvalue weighted by Crippen LogP contribution is 2.30. The molecular weight excluding hydrogens is 250 g/mol. The summed E-state index contributed by atoms with van der Waals surface area (Å²) in [5, 5.41) is 13.0. The first-order chi connectivity index (χ1) is 8.54. The topological polar surface area (TPSA) is 58.6 Å². The van der Waals surface area contributed by atoms with Gasteiger partial charge in [-0.2, -0.15) is 0 Å². The third-order valence-corrected chi connectivity index (χ3v) is 4.39. The Morgan fingerprint density at radius 1 is 1.56 bits per heavy atom. The lowest BCUT2D eigenvalue weighted by atomic mass is 10.0. The minimum atomic E-state index is -0.713. The molecule has 1 aliphatic carbocycles. The first kappa shape index (κ1) is 13.4. The molecule has 1 heterocycles. The molecule has 1 aliphatic rings. The van der Waals surface area contributed by atoms with E-state index < -0.39 is 5.60 Å². The lowest BCUT2D eigenvalue weighted by molar-refractivity contribution is 0.0450. The Hall–Kier alpha value is -1.07. The summed E-state index contributed by atoms with van der Waals surface area (Å²) < 4.78 is 5.17. The molecule has 0 aliphatic heterocycles. The summed E-state index contributed by atoms with van der Waals surface area (Å²) in [7, 11) is 1.56. The van der Waals surface area contributed by atoms with Gasteiger partial charge in [0.25, 0.3) is 5.91 Å². The minimum absolute atomic E-state index is 0.162. The fourth-order valence-electron chi connectivity index (χ4n) is 2.34. The van der Waals surface area contributed by atoms with Crippen LogP contribution in [0.2, 0.25) is 0 Å². The predicted molar refractivity (Wildman–Crippen MR) is 71.4 cm³/mol. The van der Waals surface area contributed by atoms with E-state index in [1.54, 1.807) is 7.11 Å². The van der Waals surface area contributed by atoms with E-state index in [-0.39, 0.29) is 5.91 Å². The lowest BCUT2D eigenvalue weighted by Crippen LogP contribution is -2.40. The van der Waals surface area contributed by atoms with Crippen LogP contribution in [0.1, 0.15) is 40.2 Å². The highest BCUT2D eigenvalue weighted by Gasteiger charge is 2.31. The van der Waals surface area contributed by atoms with Crippen molar-refractivity contribution in [3.63, 3.8) is 0 Å². The molecule has 2 rings (SSSR count). The molecule has 0 radical (unpaired) electrons. The van der Waals surface area contributed by atoms with Crippen molar-refractivity contribution in [1.82, 2.24) is 5.32 Å². The summed E-state index contributed by atoms with van der Waals surface area (Å²) in [6.45, 7) is 2.26. The van der Waals surface area contributed by atoms with Gasteiger partial charge in [0.05, 0.1) is 12.7 Å². The van der Waals surface area contributed by atoms with Crippen LogP contribution in [0.3, 0.4) is 0 Å². The second-order valence-electron chi connectivity index (χ2n) is 4.87. The molecule has 1 aromatic heterocycles. The van der Waals surface area contributed by atoms with E-state index in [1.165, 1.54) is 11.3 Å². The van der Waals surface area contributed by atoms with Crippen LogP contribution >= 0.6 is 11.3 Å². The second kappa shape index (κ2) is 5.28. The standard InChI is InChI=1S/C13H19NO3S/c1-9-7-10(17-2)11(18-9)12(15)14-8-13(16)5-3-4-6-13/h7,16H,3-6,8H2,1-2H3,(H,14,15). The number of aliphatic hydroxyl groups is 1. The molecule has 1 aromatic rings. The maximum absolute atomic E-state index is 12.0. The van der Waals surface area contributed by atoms with E-state index >= 15 is 0 Å². The number of methoxy groups -OCH3 is 1. The van der Waals surface area contributed by atoms with Gasteiger partial charge in [-0.25, -0.2) is 0 Å². The van der Waals surface area contributed by atoms with Gasteiger partial charge < -0.3 is 15.2 Å². The predicted octanol–water partition coefficient (Wildman–Crippen LogP) is 2.10. The van der Waals surface area contributed by atoms with Crippen molar-refractivity contribution in [1.29, 1.82) is 0 Å². The first-order valence-corrected chi connectivity index (χ1v) is 7.01. The van der Waals surface area contributed by atoms with Gasteiger partial charge in [-0.1, -0.05) is 12.8 Å². The van der Waals surface area contributed by atoms with E-state index in [9.17, 15) is 9.90 Å². The summed E-state index contributed by atoms with van der Waals surface area (Å²) in [4.78, 5) is 13.7. The van der Waals surface area contributed by atoms with E-state index in [4.69, 9.17) is 4.74 Å². The van der Waals surface area contributed by atoms with Gasteiger partial charge in [0, 0.05) is 11.4 Å². The van der Waals surface area contributed by atoms with Crippen molar-refractivity contribution in [3.8, 4) is 5.75 Å². The summed E-state index contributed by atoms with van der Waals surface area (Å²) in [5.41, 5.74) is -0.713. The molecule has 18 heavy (non-hydrogen) atoms. The van der Waals surface area contributed by atoms with Crippen LogP contribution in [0.5, 0.6) is 5.75 Å². The van der Waals surface area contributed by atoms with Crippen LogP contribution in [0.15, 0.2) is 6.07 Å². The minimum Gasteiger partial charge on any atom is -0.495 e. The Balaban J connectivity index is 1.99. The van der Waals surface area contributed by atoms with Crippen LogP contribution in [0, 0.1) is 6.92 Å². The smallest absolute Gasteiger partial charge is 0.265 e. The molecule has 0 saturated heterocycles. The molecule has 0 atom stereocenters. The maximum atomic E-state index is 12.0. The first-order valence-electron chi connectivity index (χ1n) is 6.19. The average molecular weight is 269 g/mol. The van der Waals surface area contributed by atoms with E-state index in [1.807, 2.05) is 13.0 Å². The number of carbonyl (C=O) groups is 1. The quantitative estimate of drug-likeness (QED) is 0.880. The summed E-state index contributed by atoms with van der Waals surface area (Å²) in [6.07, 6.45) is 3.61. The van der Waals surface area contributed by atoms with E-state index in [2.05, 4.69) is 5.32 Å². The van der Waals surface area contributed by atoms with Crippen LogP contribution in [-0.4, -0.2) is 30.3 Å². The summed E-state index contributed by atoms with van der Waals surface area (Å²) >= 11 is 1.41. The molecule has 5 heteroatoms. The Kier molecular flexibility index (Phi) is 3.92. The zero-order valence-electron chi connectivity index (χ0n) is 10.8. The number of carbonyl (C=O) groups excluding carboxylic acids is 1. The zero-order valence-corrected chi connectivity index (χ0v) is 11.6. The molecular formula is C13H19NO3S. The van der Waals surface area contributed by atoms with Crippen molar-refractivity contribution in [2.45, 2.75) is 38.2 Å². The van der Waals surface area contributed by atoms with Gasteiger partial charge in [0.1, 0.15) is 10.6 Å². The molecule has 0 bridgehead atoms. The number of rotatable bonds is 4. The number of hydrogen-bond donors (Lipinski definition) is 2. The number of aryl methyl sites for hydroxylation is 1. The van der Waals surface area contributed by atoms with Gasteiger partial charge in [0.15, 0.2) is 0 Å². The van der Waals surface area contributed by atoms with Crippen molar-refractivity contribution < 1.29 is 14.6 Å². The third kappa shape index (κ3) is 2.84. The molecule has 0 spiro atoms.